The molecule has 4 saturated carbocycles. The molecule has 5 rings (SSSR count). The van der Waals surface area contributed by atoms with Crippen LogP contribution in [0.25, 0.3) is 0 Å². The normalized spacial score (nSPS) is 56.8. The van der Waals surface area contributed by atoms with Crippen molar-refractivity contribution in [1.82, 2.24) is 0 Å². The van der Waals surface area contributed by atoms with Gasteiger partial charge < -0.3 is 9.47 Å². The number of alkyl halides is 2. The molecule has 1 aliphatic heterocycles. The Morgan fingerprint density at radius 2 is 2.00 bits per heavy atom. The Morgan fingerprint density at radius 3 is 2.56 bits per heavy atom. The third-order valence-electron chi connectivity index (χ3n) is 4.84. The van der Waals surface area contributed by atoms with E-state index in [9.17, 15) is 4.79 Å². The SMILES string of the molecule is O=C1C[C@H]2C[C@H]3[C@H]1[C@H](Br)[C@@]2(Br)C31OCCO1. The van der Waals surface area contributed by atoms with E-state index < -0.39 is 5.79 Å². The molecular weight excluding hydrogens is 340 g/mol. The standard InChI is InChI=1S/C11H12Br2O3/c12-9-8-6-3-5(4-7(8)14)10(9,13)11(6)15-1-2-16-11/h5-6,8-9H,1-4H2/t5-,6+,8-,9+,10-/m1/s1. The fourth-order valence-electron chi connectivity index (χ4n) is 4.33. The van der Waals surface area contributed by atoms with Gasteiger partial charge in [-0.3, -0.25) is 4.79 Å². The summed E-state index contributed by atoms with van der Waals surface area (Å²) in [6, 6.07) is 0. The molecule has 0 amide bonds. The summed E-state index contributed by atoms with van der Waals surface area (Å²) in [5, 5.41) is 0. The number of ether oxygens (including phenoxy) is 2. The number of carbonyl (C=O) groups is 1. The highest BCUT2D eigenvalue weighted by Gasteiger charge is 2.81. The van der Waals surface area contributed by atoms with Crippen LogP contribution in [0.4, 0.5) is 0 Å². The quantitative estimate of drug-likeness (QED) is 0.625. The van der Waals surface area contributed by atoms with E-state index >= 15 is 0 Å². The average molecular weight is 352 g/mol. The minimum Gasteiger partial charge on any atom is -0.346 e. The molecule has 1 saturated heterocycles. The maximum Gasteiger partial charge on any atom is 0.188 e. The van der Waals surface area contributed by atoms with Gasteiger partial charge in [0.25, 0.3) is 0 Å². The summed E-state index contributed by atoms with van der Waals surface area (Å²) in [6.07, 6.45) is 1.74. The highest BCUT2D eigenvalue weighted by Crippen LogP contribution is 2.72. The first kappa shape index (κ1) is 10.5. The smallest absolute Gasteiger partial charge is 0.188 e. The van der Waals surface area contributed by atoms with Crippen LogP contribution in [-0.2, 0) is 14.3 Å². The molecule has 5 aliphatic rings. The van der Waals surface area contributed by atoms with Crippen molar-refractivity contribution >= 4 is 37.6 Å². The van der Waals surface area contributed by atoms with Crippen LogP contribution in [0.3, 0.4) is 0 Å². The van der Waals surface area contributed by atoms with Crippen molar-refractivity contribution < 1.29 is 14.3 Å². The third kappa shape index (κ3) is 0.835. The topological polar surface area (TPSA) is 35.5 Å². The van der Waals surface area contributed by atoms with Gasteiger partial charge in [0.15, 0.2) is 5.79 Å². The molecule has 1 spiro atoms. The van der Waals surface area contributed by atoms with Gasteiger partial charge in [-0.15, -0.1) is 0 Å². The first-order valence-corrected chi connectivity index (χ1v) is 7.46. The van der Waals surface area contributed by atoms with Gasteiger partial charge in [-0.2, -0.15) is 0 Å². The van der Waals surface area contributed by atoms with Crippen LogP contribution in [0.5, 0.6) is 0 Å². The predicted molar refractivity (Wildman–Crippen MR) is 63.7 cm³/mol. The van der Waals surface area contributed by atoms with Crippen LogP contribution in [0.1, 0.15) is 12.8 Å². The molecule has 0 aromatic heterocycles. The molecular formula is C11H12Br2O3. The second-order valence-corrected chi connectivity index (χ2v) is 7.57. The fraction of sp³-hybridized carbons (Fsp3) is 0.909. The number of carbonyl (C=O) groups excluding carboxylic acids is 1. The second-order valence-electron chi connectivity index (χ2n) is 5.27. The molecule has 0 aromatic rings. The van der Waals surface area contributed by atoms with E-state index in [1.165, 1.54) is 0 Å². The zero-order valence-electron chi connectivity index (χ0n) is 8.62. The van der Waals surface area contributed by atoms with Crippen molar-refractivity contribution in [2.24, 2.45) is 17.8 Å². The van der Waals surface area contributed by atoms with E-state index in [4.69, 9.17) is 9.47 Å². The van der Waals surface area contributed by atoms with Crippen LogP contribution in [0.2, 0.25) is 0 Å². The van der Waals surface area contributed by atoms with Crippen molar-refractivity contribution in [3.63, 3.8) is 0 Å². The summed E-state index contributed by atoms with van der Waals surface area (Å²) in [5.74, 6) is 0.516. The lowest BCUT2D eigenvalue weighted by Gasteiger charge is -2.43. The van der Waals surface area contributed by atoms with Gasteiger partial charge in [-0.05, 0) is 12.3 Å². The van der Waals surface area contributed by atoms with E-state index in [2.05, 4.69) is 31.9 Å². The zero-order valence-corrected chi connectivity index (χ0v) is 11.8. The van der Waals surface area contributed by atoms with Crippen LogP contribution in [-0.4, -0.2) is 33.9 Å². The van der Waals surface area contributed by atoms with Gasteiger partial charge in [0.2, 0.25) is 0 Å². The monoisotopic (exact) mass is 350 g/mol. The number of halogens is 2. The van der Waals surface area contributed by atoms with Crippen molar-refractivity contribution in [3.8, 4) is 0 Å². The highest BCUT2D eigenvalue weighted by atomic mass is 79.9. The Labute approximate surface area is 110 Å². The average Bonchev–Trinajstić information content (AvgIpc) is 2.84. The Balaban J connectivity index is 1.91. The molecule has 1 heterocycles. The third-order valence-corrected chi connectivity index (χ3v) is 8.44. The summed E-state index contributed by atoms with van der Waals surface area (Å²) in [7, 11) is 0. The molecule has 0 aromatic carbocycles. The Bertz CT molecular complexity index is 375. The number of hydrogen-bond donors (Lipinski definition) is 0. The van der Waals surface area contributed by atoms with Crippen LogP contribution >= 0.6 is 31.9 Å². The summed E-state index contributed by atoms with van der Waals surface area (Å²) < 4.78 is 11.7. The number of fused-ring (bicyclic) bond motifs is 1. The molecule has 5 fully saturated rings. The summed E-state index contributed by atoms with van der Waals surface area (Å²) in [6.45, 7) is 1.30. The van der Waals surface area contributed by atoms with Crippen LogP contribution in [0, 0.1) is 17.8 Å². The lowest BCUT2D eigenvalue weighted by molar-refractivity contribution is -0.181. The number of ketones is 1. The highest BCUT2D eigenvalue weighted by molar-refractivity contribution is 9.12. The molecule has 4 aliphatic carbocycles. The van der Waals surface area contributed by atoms with Crippen molar-refractivity contribution in [2.45, 2.75) is 27.8 Å². The first-order valence-electron chi connectivity index (χ1n) is 5.75. The predicted octanol–water partition coefficient (Wildman–Crippen LogP) is 1.87. The van der Waals surface area contributed by atoms with Gasteiger partial charge >= 0.3 is 0 Å². The number of Topliss-reactive ketones (excluding diaryl/α,β-unsaturated/α-hetero) is 1. The van der Waals surface area contributed by atoms with E-state index in [1.54, 1.807) is 0 Å². The number of rotatable bonds is 0. The first-order chi connectivity index (χ1) is 7.61. The molecule has 4 bridgehead atoms. The van der Waals surface area contributed by atoms with E-state index in [0.717, 1.165) is 6.42 Å². The van der Waals surface area contributed by atoms with Crippen molar-refractivity contribution in [1.29, 1.82) is 0 Å². The molecule has 88 valence electrons. The van der Waals surface area contributed by atoms with Crippen LogP contribution < -0.4 is 0 Å². The van der Waals surface area contributed by atoms with Gasteiger partial charge in [0, 0.05) is 23.1 Å². The van der Waals surface area contributed by atoms with Crippen LogP contribution in [0.15, 0.2) is 0 Å². The summed E-state index contributed by atoms with van der Waals surface area (Å²) >= 11 is 7.58. The molecule has 0 unspecified atom stereocenters. The van der Waals surface area contributed by atoms with E-state index in [-0.39, 0.29) is 21.0 Å². The summed E-state index contributed by atoms with van der Waals surface area (Å²) in [4.78, 5) is 12.2. The lowest BCUT2D eigenvalue weighted by Crippen LogP contribution is -2.54. The fourth-order valence-corrected chi connectivity index (χ4v) is 6.84. The molecule has 0 radical (unpaired) electrons. The van der Waals surface area contributed by atoms with Gasteiger partial charge in [-0.25, -0.2) is 0 Å². The van der Waals surface area contributed by atoms with Crippen molar-refractivity contribution in [2.75, 3.05) is 13.2 Å². The maximum atomic E-state index is 12.0. The lowest BCUT2D eigenvalue weighted by atomic mass is 9.70. The molecule has 5 heteroatoms. The minimum atomic E-state index is -0.539. The van der Waals surface area contributed by atoms with Gasteiger partial charge in [0.1, 0.15) is 5.78 Å². The zero-order chi connectivity index (χ0) is 11.1. The number of hydrogen-bond acceptors (Lipinski definition) is 3. The Morgan fingerprint density at radius 1 is 1.31 bits per heavy atom. The maximum absolute atomic E-state index is 12.0. The Kier molecular flexibility index (Phi) is 1.91. The van der Waals surface area contributed by atoms with E-state index in [1.807, 2.05) is 0 Å². The van der Waals surface area contributed by atoms with Crippen molar-refractivity contribution in [3.05, 3.63) is 0 Å². The summed E-state index contributed by atoms with van der Waals surface area (Å²) in [5.41, 5.74) is 0. The second kappa shape index (κ2) is 2.92. The van der Waals surface area contributed by atoms with E-state index in [0.29, 0.717) is 31.3 Å². The Hall–Kier alpha value is 0.550. The minimum absolute atomic E-state index is 0.0717. The molecule has 16 heavy (non-hydrogen) atoms. The molecule has 5 atom stereocenters. The molecule has 3 nitrogen and oxygen atoms in total. The van der Waals surface area contributed by atoms with Gasteiger partial charge in [0.05, 0.1) is 17.5 Å². The largest absolute Gasteiger partial charge is 0.346 e. The van der Waals surface area contributed by atoms with Gasteiger partial charge in [-0.1, -0.05) is 31.9 Å². The molecule has 0 N–H and O–H groups in total.